The molecule has 0 fully saturated rings. The molecule has 2 heterocycles. The average molecular weight is 298 g/mol. The van der Waals surface area contributed by atoms with E-state index in [4.69, 9.17) is 21.1 Å². The van der Waals surface area contributed by atoms with Gasteiger partial charge in [0.15, 0.2) is 5.65 Å². The number of hydrogen-bond acceptors (Lipinski definition) is 4. The largest absolute Gasteiger partial charge is 0.382 e. The monoisotopic (exact) mass is 297 g/mol. The van der Waals surface area contributed by atoms with Gasteiger partial charge in [-0.05, 0) is 26.0 Å². The molecule has 110 valence electrons. The summed E-state index contributed by atoms with van der Waals surface area (Å²) in [4.78, 5) is 9.11. The van der Waals surface area contributed by atoms with E-state index >= 15 is 0 Å². The van der Waals surface area contributed by atoms with E-state index in [1.165, 1.54) is 0 Å². The molecule has 0 saturated heterocycles. The minimum absolute atomic E-state index is 0.163. The number of aromatic nitrogens is 3. The van der Waals surface area contributed by atoms with E-state index in [9.17, 15) is 0 Å². The van der Waals surface area contributed by atoms with Crippen LogP contribution in [0.15, 0.2) is 12.1 Å². The number of fused-ring (bicyclic) bond motifs is 1. The van der Waals surface area contributed by atoms with E-state index in [2.05, 4.69) is 9.97 Å². The van der Waals surface area contributed by atoms with Crippen molar-refractivity contribution in [2.75, 3.05) is 26.9 Å². The number of halogens is 1. The summed E-state index contributed by atoms with van der Waals surface area (Å²) in [6.45, 7) is 6.33. The van der Waals surface area contributed by atoms with Gasteiger partial charge in [-0.15, -0.1) is 11.6 Å². The molecular weight excluding hydrogens is 278 g/mol. The van der Waals surface area contributed by atoms with Crippen LogP contribution in [0.2, 0.25) is 0 Å². The number of hydrogen-bond donors (Lipinski definition) is 0. The fraction of sp³-hybridized carbons (Fsp3) is 0.571. The van der Waals surface area contributed by atoms with E-state index < -0.39 is 0 Å². The van der Waals surface area contributed by atoms with Gasteiger partial charge in [-0.1, -0.05) is 0 Å². The zero-order valence-corrected chi connectivity index (χ0v) is 12.9. The highest BCUT2D eigenvalue weighted by atomic mass is 35.5. The second kappa shape index (κ2) is 7.02. The number of imidazole rings is 1. The summed E-state index contributed by atoms with van der Waals surface area (Å²) >= 11 is 6.21. The van der Waals surface area contributed by atoms with Crippen LogP contribution in [-0.2, 0) is 16.0 Å². The van der Waals surface area contributed by atoms with Crippen molar-refractivity contribution in [1.29, 1.82) is 0 Å². The molecule has 0 amide bonds. The maximum Gasteiger partial charge on any atom is 0.160 e. The van der Waals surface area contributed by atoms with Gasteiger partial charge in [0.25, 0.3) is 0 Å². The Kier molecular flexibility index (Phi) is 5.34. The first kappa shape index (κ1) is 15.2. The van der Waals surface area contributed by atoms with E-state index in [-0.39, 0.29) is 5.38 Å². The van der Waals surface area contributed by atoms with Gasteiger partial charge in [-0.2, -0.15) is 0 Å². The lowest BCUT2D eigenvalue weighted by atomic mass is 10.3. The zero-order valence-electron chi connectivity index (χ0n) is 12.1. The van der Waals surface area contributed by atoms with E-state index in [0.29, 0.717) is 26.4 Å². The van der Waals surface area contributed by atoms with Crippen molar-refractivity contribution in [3.63, 3.8) is 0 Å². The standard InChI is InChI=1S/C14H20ClN3O2/c1-10-4-5-12-14(16-10)18(13(17-12)11(2)15)6-7-20-9-8-19-3/h4-5,11H,6-9H2,1-3H3. The minimum atomic E-state index is -0.163. The first-order valence-corrected chi connectivity index (χ1v) is 7.11. The third-order valence-electron chi connectivity index (χ3n) is 3.01. The van der Waals surface area contributed by atoms with Gasteiger partial charge in [-0.3, -0.25) is 0 Å². The van der Waals surface area contributed by atoms with Crippen molar-refractivity contribution < 1.29 is 9.47 Å². The second-order valence-electron chi connectivity index (χ2n) is 4.64. The SMILES string of the molecule is COCCOCCn1c(C(C)Cl)nc2ccc(C)nc21. The Morgan fingerprint density at radius 1 is 1.25 bits per heavy atom. The summed E-state index contributed by atoms with van der Waals surface area (Å²) in [7, 11) is 1.66. The molecule has 20 heavy (non-hydrogen) atoms. The van der Waals surface area contributed by atoms with Crippen LogP contribution in [0.3, 0.4) is 0 Å². The molecule has 2 rings (SSSR count). The van der Waals surface area contributed by atoms with E-state index in [1.54, 1.807) is 7.11 Å². The Morgan fingerprint density at radius 3 is 2.75 bits per heavy atom. The fourth-order valence-electron chi connectivity index (χ4n) is 2.04. The highest BCUT2D eigenvalue weighted by Gasteiger charge is 2.15. The van der Waals surface area contributed by atoms with Crippen molar-refractivity contribution in [3.8, 4) is 0 Å². The number of ether oxygens (including phenoxy) is 2. The van der Waals surface area contributed by atoms with E-state index in [1.807, 2.05) is 30.5 Å². The summed E-state index contributed by atoms with van der Waals surface area (Å²) in [5.74, 6) is 0.829. The van der Waals surface area contributed by atoms with Gasteiger partial charge in [0.2, 0.25) is 0 Å². The highest BCUT2D eigenvalue weighted by Crippen LogP contribution is 2.23. The van der Waals surface area contributed by atoms with Crippen LogP contribution >= 0.6 is 11.6 Å². The second-order valence-corrected chi connectivity index (χ2v) is 5.29. The summed E-state index contributed by atoms with van der Waals surface area (Å²) < 4.78 is 12.5. The van der Waals surface area contributed by atoms with Gasteiger partial charge < -0.3 is 14.0 Å². The molecule has 0 spiro atoms. The Labute approximate surface area is 123 Å². The van der Waals surface area contributed by atoms with Crippen molar-refractivity contribution in [3.05, 3.63) is 23.7 Å². The molecule has 0 aliphatic heterocycles. The molecule has 1 atom stereocenters. The number of pyridine rings is 1. The lowest BCUT2D eigenvalue weighted by molar-refractivity contribution is 0.0666. The average Bonchev–Trinajstić information content (AvgIpc) is 2.77. The Balaban J connectivity index is 2.19. The van der Waals surface area contributed by atoms with Gasteiger partial charge in [0.05, 0.1) is 25.2 Å². The predicted molar refractivity (Wildman–Crippen MR) is 79.2 cm³/mol. The topological polar surface area (TPSA) is 49.2 Å². The lowest BCUT2D eigenvalue weighted by Gasteiger charge is -2.10. The Hall–Kier alpha value is -1.17. The molecule has 0 N–H and O–H groups in total. The van der Waals surface area contributed by atoms with Crippen LogP contribution in [0.25, 0.3) is 11.2 Å². The maximum atomic E-state index is 6.21. The van der Waals surface area contributed by atoms with Crippen LogP contribution in [-0.4, -0.2) is 41.5 Å². The zero-order chi connectivity index (χ0) is 14.5. The molecule has 0 aliphatic carbocycles. The Morgan fingerprint density at radius 2 is 2.05 bits per heavy atom. The van der Waals surface area contributed by atoms with Gasteiger partial charge >= 0.3 is 0 Å². The molecule has 6 heteroatoms. The quantitative estimate of drug-likeness (QED) is 0.582. The number of nitrogens with zero attached hydrogens (tertiary/aromatic N) is 3. The van der Waals surface area contributed by atoms with Crippen molar-refractivity contribution in [2.45, 2.75) is 25.8 Å². The van der Waals surface area contributed by atoms with Crippen LogP contribution in [0.5, 0.6) is 0 Å². The number of methoxy groups -OCH3 is 1. The number of rotatable bonds is 7. The molecular formula is C14H20ClN3O2. The van der Waals surface area contributed by atoms with Crippen LogP contribution < -0.4 is 0 Å². The molecule has 2 aromatic heterocycles. The van der Waals surface area contributed by atoms with E-state index in [0.717, 1.165) is 22.7 Å². The van der Waals surface area contributed by atoms with Crippen LogP contribution in [0, 0.1) is 6.92 Å². The van der Waals surface area contributed by atoms with Gasteiger partial charge in [0.1, 0.15) is 11.3 Å². The fourth-order valence-corrected chi connectivity index (χ4v) is 2.20. The van der Waals surface area contributed by atoms with Crippen molar-refractivity contribution in [2.24, 2.45) is 0 Å². The first-order valence-electron chi connectivity index (χ1n) is 6.68. The molecule has 0 bridgehead atoms. The third-order valence-corrected chi connectivity index (χ3v) is 3.20. The molecule has 0 radical (unpaired) electrons. The maximum absolute atomic E-state index is 6.21. The highest BCUT2D eigenvalue weighted by molar-refractivity contribution is 6.20. The van der Waals surface area contributed by atoms with Crippen molar-refractivity contribution in [1.82, 2.24) is 14.5 Å². The third kappa shape index (κ3) is 3.48. The van der Waals surface area contributed by atoms with Crippen LogP contribution in [0.4, 0.5) is 0 Å². The van der Waals surface area contributed by atoms with Gasteiger partial charge in [0, 0.05) is 19.3 Å². The molecule has 0 saturated carbocycles. The van der Waals surface area contributed by atoms with Crippen molar-refractivity contribution >= 4 is 22.8 Å². The van der Waals surface area contributed by atoms with Crippen LogP contribution in [0.1, 0.15) is 23.8 Å². The first-order chi connectivity index (χ1) is 9.63. The molecule has 0 aromatic carbocycles. The molecule has 5 nitrogen and oxygen atoms in total. The predicted octanol–water partition coefficient (Wildman–Crippen LogP) is 2.70. The summed E-state index contributed by atoms with van der Waals surface area (Å²) in [5, 5.41) is -0.163. The molecule has 0 aliphatic rings. The smallest absolute Gasteiger partial charge is 0.160 e. The normalized spacial score (nSPS) is 13.0. The van der Waals surface area contributed by atoms with Gasteiger partial charge in [-0.25, -0.2) is 9.97 Å². The molecule has 1 unspecified atom stereocenters. The number of aryl methyl sites for hydroxylation is 1. The summed E-state index contributed by atoms with van der Waals surface area (Å²) in [5.41, 5.74) is 2.70. The lowest BCUT2D eigenvalue weighted by Crippen LogP contribution is -2.12. The summed E-state index contributed by atoms with van der Waals surface area (Å²) in [6.07, 6.45) is 0. The summed E-state index contributed by atoms with van der Waals surface area (Å²) in [6, 6.07) is 3.93. The molecule has 2 aromatic rings. The Bertz CT molecular complexity index is 569. The number of alkyl halides is 1. The minimum Gasteiger partial charge on any atom is -0.382 e.